The van der Waals surface area contributed by atoms with Crippen molar-refractivity contribution in [2.75, 3.05) is 0 Å². The number of hydrogen-bond acceptors (Lipinski definition) is 2. The molecule has 1 rings (SSSR count). The van der Waals surface area contributed by atoms with Gasteiger partial charge < -0.3 is 5.73 Å². The highest BCUT2D eigenvalue weighted by Gasteiger charge is 1.99. The molecule has 0 aliphatic carbocycles. The van der Waals surface area contributed by atoms with Gasteiger partial charge in [-0.15, -0.1) is 0 Å². The number of carbonyl (C=O) groups is 1. The molecule has 0 aliphatic heterocycles. The minimum Gasteiger partial charge on any atom is -0.402 e. The second-order valence-corrected chi connectivity index (χ2v) is 2.62. The van der Waals surface area contributed by atoms with Crippen molar-refractivity contribution in [1.29, 1.82) is 0 Å². The normalized spacial score (nSPS) is 11.2. The molecular formula is C10H11NO. The average molecular weight is 161 g/mol. The van der Waals surface area contributed by atoms with Crippen LogP contribution in [0.5, 0.6) is 0 Å². The molecule has 0 radical (unpaired) electrons. The molecule has 0 amide bonds. The molecule has 2 heteroatoms. The van der Waals surface area contributed by atoms with Crippen LogP contribution in [-0.4, -0.2) is 5.78 Å². The Kier molecular flexibility index (Phi) is 2.64. The molecule has 0 heterocycles. The Balaban J connectivity index is 2.87. The molecular weight excluding hydrogens is 150 g/mol. The predicted octanol–water partition coefficient (Wildman–Crippen LogP) is 1.73. The van der Waals surface area contributed by atoms with Crippen LogP contribution in [0, 0.1) is 0 Å². The first-order chi connectivity index (χ1) is 5.70. The first-order valence-electron chi connectivity index (χ1n) is 3.73. The summed E-state index contributed by atoms with van der Waals surface area (Å²) >= 11 is 0. The fourth-order valence-corrected chi connectivity index (χ4v) is 0.893. The molecule has 0 unspecified atom stereocenters. The van der Waals surface area contributed by atoms with Crippen molar-refractivity contribution < 1.29 is 4.79 Å². The molecule has 0 atom stereocenters. The largest absolute Gasteiger partial charge is 0.402 e. The Labute approximate surface area is 71.7 Å². The van der Waals surface area contributed by atoms with Crippen LogP contribution >= 0.6 is 0 Å². The maximum Gasteiger partial charge on any atom is 0.187 e. The van der Waals surface area contributed by atoms with Crippen LogP contribution in [0.15, 0.2) is 42.1 Å². The third kappa shape index (κ3) is 2.23. The van der Waals surface area contributed by atoms with Gasteiger partial charge in [0.05, 0.1) is 0 Å². The Morgan fingerprint density at radius 2 is 1.92 bits per heavy atom. The lowest BCUT2D eigenvalue weighted by Crippen LogP contribution is -1.99. The van der Waals surface area contributed by atoms with Crippen molar-refractivity contribution in [1.82, 2.24) is 0 Å². The van der Waals surface area contributed by atoms with Crippen molar-refractivity contribution in [2.45, 2.75) is 6.92 Å². The van der Waals surface area contributed by atoms with Crippen LogP contribution < -0.4 is 5.73 Å². The lowest BCUT2D eigenvalue weighted by atomic mass is 10.1. The maximum absolute atomic E-state index is 11.3. The van der Waals surface area contributed by atoms with Crippen molar-refractivity contribution in [3.8, 4) is 0 Å². The quantitative estimate of drug-likeness (QED) is 0.530. The maximum atomic E-state index is 11.3. The van der Waals surface area contributed by atoms with Gasteiger partial charge in [0, 0.05) is 17.3 Å². The topological polar surface area (TPSA) is 43.1 Å². The predicted molar refractivity (Wildman–Crippen MR) is 48.7 cm³/mol. The molecule has 2 N–H and O–H groups in total. The molecule has 0 bridgehead atoms. The highest BCUT2D eigenvalue weighted by molar-refractivity contribution is 6.04. The van der Waals surface area contributed by atoms with Gasteiger partial charge in [0.15, 0.2) is 5.78 Å². The van der Waals surface area contributed by atoms with Gasteiger partial charge in [0.25, 0.3) is 0 Å². The first-order valence-corrected chi connectivity index (χ1v) is 3.73. The number of allylic oxidation sites excluding steroid dienone is 2. The van der Waals surface area contributed by atoms with Gasteiger partial charge in [0.1, 0.15) is 0 Å². The monoisotopic (exact) mass is 161 g/mol. The summed E-state index contributed by atoms with van der Waals surface area (Å²) in [6.07, 6.45) is 1.43. The summed E-state index contributed by atoms with van der Waals surface area (Å²) in [4.78, 5) is 11.3. The third-order valence-corrected chi connectivity index (χ3v) is 1.42. The minimum absolute atomic E-state index is 0.0457. The second kappa shape index (κ2) is 3.72. The molecule has 1 aromatic rings. The van der Waals surface area contributed by atoms with Crippen molar-refractivity contribution in [3.05, 3.63) is 47.7 Å². The Morgan fingerprint density at radius 3 is 2.42 bits per heavy atom. The van der Waals surface area contributed by atoms with E-state index in [4.69, 9.17) is 5.73 Å². The van der Waals surface area contributed by atoms with E-state index >= 15 is 0 Å². The lowest BCUT2D eigenvalue weighted by molar-refractivity contribution is 0.104. The smallest absolute Gasteiger partial charge is 0.187 e. The van der Waals surface area contributed by atoms with Gasteiger partial charge in [-0.05, 0) is 6.92 Å². The lowest BCUT2D eigenvalue weighted by Gasteiger charge is -1.94. The van der Waals surface area contributed by atoms with E-state index in [1.165, 1.54) is 6.08 Å². The Bertz CT molecular complexity index is 297. The molecule has 62 valence electrons. The fourth-order valence-electron chi connectivity index (χ4n) is 0.893. The third-order valence-electron chi connectivity index (χ3n) is 1.42. The van der Waals surface area contributed by atoms with Gasteiger partial charge in [-0.2, -0.15) is 0 Å². The molecule has 0 fully saturated rings. The van der Waals surface area contributed by atoms with E-state index in [2.05, 4.69) is 0 Å². The van der Waals surface area contributed by atoms with Gasteiger partial charge in [-0.3, -0.25) is 4.79 Å². The molecule has 0 saturated heterocycles. The van der Waals surface area contributed by atoms with E-state index in [-0.39, 0.29) is 5.78 Å². The highest BCUT2D eigenvalue weighted by Crippen LogP contribution is 2.01. The molecule has 1 aromatic carbocycles. The van der Waals surface area contributed by atoms with Crippen molar-refractivity contribution in [3.63, 3.8) is 0 Å². The number of hydrogen-bond donors (Lipinski definition) is 1. The fraction of sp³-hybridized carbons (Fsp3) is 0.100. The number of carbonyl (C=O) groups excluding carboxylic acids is 1. The van der Waals surface area contributed by atoms with E-state index in [1.807, 2.05) is 18.2 Å². The van der Waals surface area contributed by atoms with Crippen LogP contribution in [0.1, 0.15) is 17.3 Å². The standard InChI is InChI=1S/C10H11NO/c1-8(11)7-10(12)9-5-3-2-4-6-9/h2-7H,11H2,1H3/b8-7+. The van der Waals surface area contributed by atoms with Crippen molar-refractivity contribution >= 4 is 5.78 Å². The van der Waals surface area contributed by atoms with Gasteiger partial charge in [-0.25, -0.2) is 0 Å². The number of ketones is 1. The molecule has 12 heavy (non-hydrogen) atoms. The summed E-state index contributed by atoms with van der Waals surface area (Å²) in [6, 6.07) is 9.05. The summed E-state index contributed by atoms with van der Waals surface area (Å²) in [7, 11) is 0. The Hall–Kier alpha value is -1.57. The van der Waals surface area contributed by atoms with Crippen molar-refractivity contribution in [2.24, 2.45) is 5.73 Å². The van der Waals surface area contributed by atoms with E-state index < -0.39 is 0 Å². The summed E-state index contributed by atoms with van der Waals surface area (Å²) < 4.78 is 0. The Morgan fingerprint density at radius 1 is 1.33 bits per heavy atom. The average Bonchev–Trinajstić information content (AvgIpc) is 2.05. The van der Waals surface area contributed by atoms with Gasteiger partial charge in [0.2, 0.25) is 0 Å². The zero-order chi connectivity index (χ0) is 8.97. The zero-order valence-electron chi connectivity index (χ0n) is 6.95. The molecule has 0 aliphatic rings. The van der Waals surface area contributed by atoms with Crippen LogP contribution in [0.25, 0.3) is 0 Å². The van der Waals surface area contributed by atoms with Crippen LogP contribution in [0.4, 0.5) is 0 Å². The van der Waals surface area contributed by atoms with Gasteiger partial charge >= 0.3 is 0 Å². The van der Waals surface area contributed by atoms with E-state index in [0.29, 0.717) is 11.3 Å². The van der Waals surface area contributed by atoms with Crippen LogP contribution in [-0.2, 0) is 0 Å². The number of benzene rings is 1. The highest BCUT2D eigenvalue weighted by atomic mass is 16.1. The SMILES string of the molecule is C/C(N)=C\C(=O)c1ccccc1. The molecule has 0 aromatic heterocycles. The summed E-state index contributed by atoms with van der Waals surface area (Å²) in [5.41, 5.74) is 6.57. The van der Waals surface area contributed by atoms with Crippen LogP contribution in [0.3, 0.4) is 0 Å². The first kappa shape index (κ1) is 8.53. The minimum atomic E-state index is -0.0457. The van der Waals surface area contributed by atoms with Gasteiger partial charge in [-0.1, -0.05) is 30.3 Å². The summed E-state index contributed by atoms with van der Waals surface area (Å²) in [5.74, 6) is -0.0457. The van der Waals surface area contributed by atoms with Crippen LogP contribution in [0.2, 0.25) is 0 Å². The summed E-state index contributed by atoms with van der Waals surface area (Å²) in [6.45, 7) is 1.70. The number of rotatable bonds is 2. The molecule has 0 saturated carbocycles. The molecule has 0 spiro atoms. The van der Waals surface area contributed by atoms with E-state index in [1.54, 1.807) is 19.1 Å². The van der Waals surface area contributed by atoms with E-state index in [9.17, 15) is 4.79 Å². The zero-order valence-corrected chi connectivity index (χ0v) is 6.95. The van der Waals surface area contributed by atoms with E-state index in [0.717, 1.165) is 0 Å². The second-order valence-electron chi connectivity index (χ2n) is 2.62. The summed E-state index contributed by atoms with van der Waals surface area (Å²) in [5, 5.41) is 0. The number of nitrogens with two attached hydrogens (primary N) is 1. The molecule has 2 nitrogen and oxygen atoms in total.